The molecule has 4 rings (SSSR count). The summed E-state index contributed by atoms with van der Waals surface area (Å²) >= 11 is 0. The summed E-state index contributed by atoms with van der Waals surface area (Å²) in [7, 11) is 1.81. The first kappa shape index (κ1) is 16.4. The van der Waals surface area contributed by atoms with Crippen LogP contribution in [-0.4, -0.2) is 29.8 Å². The van der Waals surface area contributed by atoms with Gasteiger partial charge in [-0.3, -0.25) is 14.1 Å². The molecule has 3 aromatic heterocycles. The van der Waals surface area contributed by atoms with Gasteiger partial charge in [-0.1, -0.05) is 12.1 Å². The molecule has 0 bridgehead atoms. The van der Waals surface area contributed by atoms with Crippen LogP contribution in [0.15, 0.2) is 47.5 Å². The van der Waals surface area contributed by atoms with Gasteiger partial charge in [0, 0.05) is 13.2 Å². The van der Waals surface area contributed by atoms with Crippen molar-refractivity contribution in [3.8, 4) is 0 Å². The van der Waals surface area contributed by atoms with E-state index in [4.69, 9.17) is 0 Å². The third kappa shape index (κ3) is 2.65. The monoisotopic (exact) mass is 361 g/mol. The number of halogens is 3. The number of imidazole rings is 2. The summed E-state index contributed by atoms with van der Waals surface area (Å²) in [5, 5.41) is 0. The fourth-order valence-electron chi connectivity index (χ4n) is 3.13. The van der Waals surface area contributed by atoms with Gasteiger partial charge in [0.1, 0.15) is 12.4 Å². The third-order valence-electron chi connectivity index (χ3n) is 4.34. The van der Waals surface area contributed by atoms with Crippen LogP contribution in [0, 0.1) is 0 Å². The predicted molar refractivity (Wildman–Crippen MR) is 89.9 cm³/mol. The first-order valence-corrected chi connectivity index (χ1v) is 7.85. The Balaban J connectivity index is 1.87. The first-order valence-electron chi connectivity index (χ1n) is 7.85. The zero-order valence-electron chi connectivity index (χ0n) is 13.7. The number of benzene rings is 1. The Bertz CT molecular complexity index is 1170. The molecule has 1 aromatic carbocycles. The maximum Gasteiger partial charge on any atom is 0.406 e. The fourth-order valence-corrected chi connectivity index (χ4v) is 3.13. The minimum absolute atomic E-state index is 0.0526. The average Bonchev–Trinajstić information content (AvgIpc) is 3.05. The number of aromatic nitrogens is 5. The molecule has 0 spiro atoms. The first-order chi connectivity index (χ1) is 12.3. The van der Waals surface area contributed by atoms with Crippen LogP contribution in [0.3, 0.4) is 0 Å². The van der Waals surface area contributed by atoms with E-state index in [0.29, 0.717) is 11.3 Å². The molecule has 0 aliphatic carbocycles. The average molecular weight is 361 g/mol. The van der Waals surface area contributed by atoms with E-state index in [2.05, 4.69) is 9.97 Å². The molecular weight excluding hydrogens is 347 g/mol. The van der Waals surface area contributed by atoms with Crippen molar-refractivity contribution in [3.63, 3.8) is 0 Å². The molecule has 0 atom stereocenters. The summed E-state index contributed by atoms with van der Waals surface area (Å²) in [6.07, 6.45) is -1.73. The van der Waals surface area contributed by atoms with Crippen LogP contribution in [0.4, 0.5) is 13.2 Å². The second-order valence-electron chi connectivity index (χ2n) is 6.01. The van der Waals surface area contributed by atoms with Gasteiger partial charge in [-0.25, -0.2) is 9.78 Å². The van der Waals surface area contributed by atoms with Gasteiger partial charge in [0.05, 0.1) is 34.8 Å². The SMILES string of the molecule is Cn1c(Cn2c(=O)n(CC(F)(F)F)c3ccncc32)nc2ccccc21. The summed E-state index contributed by atoms with van der Waals surface area (Å²) < 4.78 is 42.5. The van der Waals surface area contributed by atoms with Crippen LogP contribution in [0.25, 0.3) is 22.1 Å². The van der Waals surface area contributed by atoms with Crippen molar-refractivity contribution in [3.05, 3.63) is 59.0 Å². The van der Waals surface area contributed by atoms with Crippen LogP contribution in [0.2, 0.25) is 0 Å². The van der Waals surface area contributed by atoms with E-state index in [0.717, 1.165) is 15.6 Å². The van der Waals surface area contributed by atoms with Gasteiger partial charge >= 0.3 is 11.9 Å². The highest BCUT2D eigenvalue weighted by atomic mass is 19.4. The number of para-hydroxylation sites is 2. The summed E-state index contributed by atoms with van der Waals surface area (Å²) in [4.78, 5) is 21.1. The Morgan fingerprint density at radius 1 is 1.04 bits per heavy atom. The van der Waals surface area contributed by atoms with Crippen molar-refractivity contribution < 1.29 is 13.2 Å². The van der Waals surface area contributed by atoms with Crippen molar-refractivity contribution >= 4 is 22.1 Å². The molecule has 0 aliphatic heterocycles. The van der Waals surface area contributed by atoms with Crippen LogP contribution in [-0.2, 0) is 20.1 Å². The van der Waals surface area contributed by atoms with Crippen LogP contribution >= 0.6 is 0 Å². The Morgan fingerprint density at radius 2 is 1.81 bits per heavy atom. The largest absolute Gasteiger partial charge is 0.406 e. The molecule has 0 fully saturated rings. The smallest absolute Gasteiger partial charge is 0.330 e. The van der Waals surface area contributed by atoms with E-state index in [1.807, 2.05) is 35.9 Å². The highest BCUT2D eigenvalue weighted by Gasteiger charge is 2.30. The molecule has 134 valence electrons. The van der Waals surface area contributed by atoms with E-state index in [9.17, 15) is 18.0 Å². The summed E-state index contributed by atoms with van der Waals surface area (Å²) in [6.45, 7) is -1.29. The molecule has 6 nitrogen and oxygen atoms in total. The Hall–Kier alpha value is -3.10. The number of rotatable bonds is 3. The van der Waals surface area contributed by atoms with Crippen LogP contribution in [0.1, 0.15) is 5.82 Å². The van der Waals surface area contributed by atoms with E-state index in [-0.39, 0.29) is 12.1 Å². The van der Waals surface area contributed by atoms with E-state index in [1.165, 1.54) is 23.0 Å². The molecule has 0 saturated heterocycles. The topological polar surface area (TPSA) is 57.6 Å². The second-order valence-corrected chi connectivity index (χ2v) is 6.01. The number of aryl methyl sites for hydroxylation is 1. The van der Waals surface area contributed by atoms with Gasteiger partial charge in [0.2, 0.25) is 0 Å². The summed E-state index contributed by atoms with van der Waals surface area (Å²) in [6, 6.07) is 8.87. The predicted octanol–water partition coefficient (Wildman–Crippen LogP) is 2.70. The number of alkyl halides is 3. The lowest BCUT2D eigenvalue weighted by molar-refractivity contribution is -0.140. The van der Waals surface area contributed by atoms with Gasteiger partial charge in [0.15, 0.2) is 0 Å². The molecule has 0 saturated carbocycles. The van der Waals surface area contributed by atoms with Gasteiger partial charge < -0.3 is 4.57 Å². The lowest BCUT2D eigenvalue weighted by Gasteiger charge is -2.07. The van der Waals surface area contributed by atoms with Crippen molar-refractivity contribution in [2.24, 2.45) is 7.05 Å². The Morgan fingerprint density at radius 3 is 2.54 bits per heavy atom. The van der Waals surface area contributed by atoms with Crippen molar-refractivity contribution in [2.75, 3.05) is 0 Å². The molecule has 0 radical (unpaired) electrons. The van der Waals surface area contributed by atoms with Crippen molar-refractivity contribution in [1.82, 2.24) is 23.7 Å². The molecule has 3 heterocycles. The summed E-state index contributed by atoms with van der Waals surface area (Å²) in [5.41, 5.74) is 1.44. The Labute approximate surface area is 145 Å². The molecule has 4 aromatic rings. The number of fused-ring (bicyclic) bond motifs is 2. The molecule has 0 unspecified atom stereocenters. The Kier molecular flexibility index (Phi) is 3.60. The van der Waals surface area contributed by atoms with E-state index >= 15 is 0 Å². The highest BCUT2D eigenvalue weighted by Crippen LogP contribution is 2.21. The van der Waals surface area contributed by atoms with Gasteiger partial charge in [-0.2, -0.15) is 13.2 Å². The number of hydrogen-bond donors (Lipinski definition) is 0. The van der Waals surface area contributed by atoms with E-state index < -0.39 is 18.4 Å². The van der Waals surface area contributed by atoms with Gasteiger partial charge in [-0.15, -0.1) is 0 Å². The van der Waals surface area contributed by atoms with Gasteiger partial charge in [0.25, 0.3) is 0 Å². The van der Waals surface area contributed by atoms with Crippen molar-refractivity contribution in [2.45, 2.75) is 19.3 Å². The van der Waals surface area contributed by atoms with Crippen molar-refractivity contribution in [1.29, 1.82) is 0 Å². The lowest BCUT2D eigenvalue weighted by atomic mass is 10.3. The molecule has 0 amide bonds. The second kappa shape index (κ2) is 5.72. The molecular formula is C17H14F3N5O. The molecule has 9 heteroatoms. The molecule has 0 N–H and O–H groups in total. The maximum atomic E-state index is 12.9. The number of pyridine rings is 1. The minimum atomic E-state index is -4.50. The zero-order chi connectivity index (χ0) is 18.5. The molecule has 26 heavy (non-hydrogen) atoms. The number of nitrogens with zero attached hydrogens (tertiary/aromatic N) is 5. The quantitative estimate of drug-likeness (QED) is 0.564. The minimum Gasteiger partial charge on any atom is -0.330 e. The fraction of sp³-hybridized carbons (Fsp3) is 0.235. The van der Waals surface area contributed by atoms with E-state index in [1.54, 1.807) is 0 Å². The standard InChI is InChI=1S/C17H14F3N5O/c1-23-12-5-3-2-4-11(12)22-15(23)9-24-14-8-21-7-6-13(14)25(16(24)26)10-17(18,19)20/h2-8H,9-10H2,1H3. The lowest BCUT2D eigenvalue weighted by Crippen LogP contribution is -2.30. The highest BCUT2D eigenvalue weighted by molar-refractivity contribution is 5.76. The number of hydrogen-bond acceptors (Lipinski definition) is 3. The third-order valence-corrected chi connectivity index (χ3v) is 4.34. The van der Waals surface area contributed by atoms with Gasteiger partial charge in [-0.05, 0) is 18.2 Å². The van der Waals surface area contributed by atoms with Crippen LogP contribution < -0.4 is 5.69 Å². The van der Waals surface area contributed by atoms with Crippen LogP contribution in [0.5, 0.6) is 0 Å². The zero-order valence-corrected chi connectivity index (χ0v) is 13.7. The maximum absolute atomic E-state index is 12.9. The summed E-state index contributed by atoms with van der Waals surface area (Å²) in [5.74, 6) is 0.572. The normalized spacial score (nSPS) is 12.3. The molecule has 0 aliphatic rings.